The Bertz CT molecular complexity index is 3200. The number of anilines is 3. The van der Waals surface area contributed by atoms with E-state index in [4.69, 9.17) is 6.85 Å². The van der Waals surface area contributed by atoms with Crippen LogP contribution in [0.25, 0.3) is 72.0 Å². The number of hydrogen-bond donors (Lipinski definition) is 0. The second-order valence-electron chi connectivity index (χ2n) is 13.8. The summed E-state index contributed by atoms with van der Waals surface area (Å²) >= 11 is 0. The monoisotopic (exact) mass is 719 g/mol. The first-order chi connectivity index (χ1) is 29.9. The summed E-state index contributed by atoms with van der Waals surface area (Å²) in [5, 5.41) is 2.40. The Balaban J connectivity index is 1.12. The molecule has 0 fully saturated rings. The Hall–Kier alpha value is -7.42. The lowest BCUT2D eigenvalue weighted by atomic mass is 9.94. The third-order valence-corrected chi connectivity index (χ3v) is 10.5. The van der Waals surface area contributed by atoms with Crippen molar-refractivity contribution < 1.29 is 6.85 Å². The van der Waals surface area contributed by atoms with Gasteiger partial charge >= 0.3 is 0 Å². The molecule has 0 unspecified atom stereocenters. The van der Waals surface area contributed by atoms with Crippen LogP contribution in [0.5, 0.6) is 0 Å². The van der Waals surface area contributed by atoms with Gasteiger partial charge in [0.2, 0.25) is 0 Å². The average Bonchev–Trinajstić information content (AvgIpc) is 3.66. The van der Waals surface area contributed by atoms with Crippen LogP contribution in [0.3, 0.4) is 0 Å². The van der Waals surface area contributed by atoms with Crippen LogP contribution in [0.15, 0.2) is 230 Å². The first-order valence-corrected chi connectivity index (χ1v) is 18.8. The molecule has 0 aliphatic heterocycles. The van der Waals surface area contributed by atoms with Gasteiger partial charge in [-0.1, -0.05) is 170 Å². The van der Waals surface area contributed by atoms with Crippen molar-refractivity contribution >= 4 is 38.9 Å². The number of fused-ring (bicyclic) bond motifs is 3. The summed E-state index contributed by atoms with van der Waals surface area (Å²) in [7, 11) is 0. The van der Waals surface area contributed by atoms with Gasteiger partial charge in [0, 0.05) is 33.4 Å². The van der Waals surface area contributed by atoms with Crippen LogP contribution in [-0.4, -0.2) is 4.57 Å². The molecule has 0 spiro atoms. The van der Waals surface area contributed by atoms with Crippen molar-refractivity contribution in [1.82, 2.24) is 4.57 Å². The number of benzene rings is 9. The van der Waals surface area contributed by atoms with E-state index in [1.807, 2.05) is 54.6 Å². The van der Waals surface area contributed by atoms with Gasteiger partial charge in [-0.2, -0.15) is 0 Å². The van der Waals surface area contributed by atoms with E-state index in [1.54, 1.807) is 0 Å². The number of rotatable bonds is 8. The van der Waals surface area contributed by atoms with E-state index in [1.165, 1.54) is 10.8 Å². The van der Waals surface area contributed by atoms with Gasteiger partial charge in [0.15, 0.2) is 0 Å². The van der Waals surface area contributed by atoms with Crippen LogP contribution in [0.1, 0.15) is 6.85 Å². The molecule has 9 aromatic carbocycles. The largest absolute Gasteiger partial charge is 0.310 e. The van der Waals surface area contributed by atoms with Crippen molar-refractivity contribution in [2.75, 3.05) is 4.90 Å². The molecule has 0 saturated heterocycles. The minimum atomic E-state index is -0.406. The summed E-state index contributed by atoms with van der Waals surface area (Å²) in [6.07, 6.45) is 0. The van der Waals surface area contributed by atoms with Crippen molar-refractivity contribution in [3.05, 3.63) is 230 Å². The van der Waals surface area contributed by atoms with Crippen molar-refractivity contribution in [1.29, 1.82) is 0 Å². The first kappa shape index (κ1) is 28.1. The molecule has 56 heavy (non-hydrogen) atoms. The van der Waals surface area contributed by atoms with Gasteiger partial charge in [-0.05, 0) is 99.6 Å². The van der Waals surface area contributed by atoms with Gasteiger partial charge in [0.05, 0.1) is 23.6 Å². The Morgan fingerprint density at radius 1 is 0.375 bits per heavy atom. The minimum Gasteiger partial charge on any atom is -0.310 e. The Morgan fingerprint density at radius 3 is 1.62 bits per heavy atom. The van der Waals surface area contributed by atoms with Gasteiger partial charge < -0.3 is 9.47 Å². The topological polar surface area (TPSA) is 8.17 Å². The molecule has 2 nitrogen and oxygen atoms in total. The molecular formula is C54H38N2. The van der Waals surface area contributed by atoms with E-state index in [0.29, 0.717) is 5.56 Å². The van der Waals surface area contributed by atoms with Gasteiger partial charge in [-0.3, -0.25) is 0 Å². The Kier molecular flexibility index (Phi) is 7.24. The number of aromatic nitrogens is 1. The summed E-state index contributed by atoms with van der Waals surface area (Å²) < 4.78 is 44.2. The van der Waals surface area contributed by atoms with Crippen LogP contribution in [0.4, 0.5) is 17.1 Å². The summed E-state index contributed by atoms with van der Waals surface area (Å²) in [5.74, 6) is 0. The molecule has 0 radical (unpaired) electrons. The maximum atomic E-state index is 8.61. The van der Waals surface area contributed by atoms with Crippen LogP contribution in [-0.2, 0) is 0 Å². The van der Waals surface area contributed by atoms with Gasteiger partial charge in [-0.25, -0.2) is 0 Å². The highest BCUT2D eigenvalue weighted by atomic mass is 15.1. The molecule has 1 aromatic heterocycles. The summed E-state index contributed by atoms with van der Waals surface area (Å²) in [5.41, 5.74) is 13.5. The molecule has 0 saturated carbocycles. The van der Waals surface area contributed by atoms with Crippen LogP contribution in [0, 0.1) is 0 Å². The molecule has 0 N–H and O–H groups in total. The van der Waals surface area contributed by atoms with Gasteiger partial charge in [0.1, 0.15) is 0 Å². The third-order valence-electron chi connectivity index (χ3n) is 10.5. The predicted octanol–water partition coefficient (Wildman–Crippen LogP) is 14.9. The molecule has 264 valence electrons. The lowest BCUT2D eigenvalue weighted by molar-refractivity contribution is 1.18. The number of para-hydroxylation sites is 3. The zero-order valence-corrected chi connectivity index (χ0v) is 30.4. The fourth-order valence-electron chi connectivity index (χ4n) is 7.91. The molecular weight excluding hydrogens is 677 g/mol. The SMILES string of the molecule is [2H]c1c([2H])c([2H])c(-c2ccc(N(c3ccc(-c4ccccc4)cc3)c3ccccc3-c3cccc(-c4cccc5c4c4ccccc4n5-c4ccccc4)c3)cc2)c([2H])c1[2H]. The third kappa shape index (κ3) is 6.04. The fourth-order valence-corrected chi connectivity index (χ4v) is 7.91. The molecule has 0 atom stereocenters. The molecule has 0 aliphatic carbocycles. The highest BCUT2D eigenvalue weighted by Crippen LogP contribution is 2.44. The standard InChI is InChI=1S/C54H38N2/c1-4-16-39(17-5-1)41-30-34-46(35-31-41)55(47-36-32-42(33-37-47)40-18-6-2-7-19-40)51-27-12-10-24-48(51)43-20-14-21-44(38-43)49-26-15-29-53-54(49)50-25-11-13-28-52(50)56(53)45-22-8-3-9-23-45/h1-38H/i1D,4D,5D,16D,17D. The van der Waals surface area contributed by atoms with E-state index in [9.17, 15) is 0 Å². The molecule has 0 bridgehead atoms. The second-order valence-corrected chi connectivity index (χ2v) is 13.8. The van der Waals surface area contributed by atoms with Gasteiger partial charge in [0.25, 0.3) is 0 Å². The highest BCUT2D eigenvalue weighted by molar-refractivity contribution is 6.16. The van der Waals surface area contributed by atoms with E-state index in [2.05, 4.69) is 155 Å². The first-order valence-electron chi connectivity index (χ1n) is 21.3. The zero-order chi connectivity index (χ0) is 41.6. The Labute approximate surface area is 334 Å². The fraction of sp³-hybridized carbons (Fsp3) is 0. The summed E-state index contributed by atoms with van der Waals surface area (Å²) in [6, 6.07) is 67.7. The van der Waals surface area contributed by atoms with Crippen molar-refractivity contribution in [3.63, 3.8) is 0 Å². The van der Waals surface area contributed by atoms with E-state index in [-0.39, 0.29) is 29.7 Å². The highest BCUT2D eigenvalue weighted by Gasteiger charge is 2.20. The van der Waals surface area contributed by atoms with Crippen molar-refractivity contribution in [2.24, 2.45) is 0 Å². The number of hydrogen-bond acceptors (Lipinski definition) is 1. The predicted molar refractivity (Wildman–Crippen MR) is 237 cm³/mol. The van der Waals surface area contributed by atoms with Crippen molar-refractivity contribution in [2.45, 2.75) is 0 Å². The lowest BCUT2D eigenvalue weighted by Crippen LogP contribution is -2.11. The molecule has 10 aromatic rings. The molecule has 1 heterocycles. The maximum Gasteiger partial charge on any atom is 0.0629 e. The van der Waals surface area contributed by atoms with Crippen molar-refractivity contribution in [3.8, 4) is 50.2 Å². The molecule has 0 amide bonds. The molecule has 0 aliphatic rings. The number of nitrogens with zero attached hydrogens (tertiary/aromatic N) is 2. The summed E-state index contributed by atoms with van der Waals surface area (Å²) in [4.78, 5) is 2.22. The lowest BCUT2D eigenvalue weighted by Gasteiger charge is -2.28. The second kappa shape index (κ2) is 14.4. The smallest absolute Gasteiger partial charge is 0.0629 e. The quantitative estimate of drug-likeness (QED) is 0.152. The van der Waals surface area contributed by atoms with Crippen LogP contribution >= 0.6 is 0 Å². The zero-order valence-electron chi connectivity index (χ0n) is 35.4. The maximum absolute atomic E-state index is 8.61. The van der Waals surface area contributed by atoms with E-state index in [0.717, 1.165) is 67.2 Å². The normalized spacial score (nSPS) is 12.5. The molecule has 2 heteroatoms. The Morgan fingerprint density at radius 2 is 0.893 bits per heavy atom. The molecule has 10 rings (SSSR count). The van der Waals surface area contributed by atoms with Gasteiger partial charge in [-0.15, -0.1) is 0 Å². The van der Waals surface area contributed by atoms with Crippen LogP contribution < -0.4 is 4.90 Å². The minimum absolute atomic E-state index is 0.176. The van der Waals surface area contributed by atoms with E-state index < -0.39 is 6.04 Å². The average molecular weight is 720 g/mol. The van der Waals surface area contributed by atoms with E-state index >= 15 is 0 Å². The van der Waals surface area contributed by atoms with Crippen LogP contribution in [0.2, 0.25) is 0 Å². The summed E-state index contributed by atoms with van der Waals surface area (Å²) in [6.45, 7) is 0.